The van der Waals surface area contributed by atoms with Crippen LogP contribution in [-0.2, 0) is 0 Å². The van der Waals surface area contributed by atoms with Crippen LogP contribution in [0.5, 0.6) is 0 Å². The molecule has 0 fully saturated rings. The Morgan fingerprint density at radius 2 is 2.29 bits per heavy atom. The van der Waals surface area contributed by atoms with Crippen molar-refractivity contribution in [2.24, 2.45) is 0 Å². The summed E-state index contributed by atoms with van der Waals surface area (Å²) < 4.78 is 5.54. The summed E-state index contributed by atoms with van der Waals surface area (Å²) in [4.78, 5) is 15.2. The Kier molecular flexibility index (Phi) is 3.67. The molecule has 0 amide bonds. The lowest BCUT2D eigenvalue weighted by atomic mass is 10.3. The van der Waals surface area contributed by atoms with Gasteiger partial charge < -0.3 is 4.42 Å². The third-order valence-electron chi connectivity index (χ3n) is 2.55. The second-order valence-electron chi connectivity index (χ2n) is 4.03. The average Bonchev–Trinajstić information content (AvgIpc) is 3.11. The summed E-state index contributed by atoms with van der Waals surface area (Å²) in [5, 5.41) is 21.5. The van der Waals surface area contributed by atoms with Crippen LogP contribution in [0, 0.1) is 17.0 Å². The molecule has 0 N–H and O–H groups in total. The van der Waals surface area contributed by atoms with Crippen molar-refractivity contribution in [3.05, 3.63) is 45.5 Å². The van der Waals surface area contributed by atoms with E-state index in [0.717, 1.165) is 4.88 Å². The number of pyridine rings is 1. The lowest BCUT2D eigenvalue weighted by molar-refractivity contribution is -0.385. The smallest absolute Gasteiger partial charge is 0.287 e. The summed E-state index contributed by atoms with van der Waals surface area (Å²) in [7, 11) is 0. The van der Waals surface area contributed by atoms with E-state index in [1.54, 1.807) is 6.92 Å². The molecular weight excluding hydrogens is 312 g/mol. The molecule has 3 rings (SSSR count). The van der Waals surface area contributed by atoms with Gasteiger partial charge in [-0.3, -0.25) is 10.1 Å². The highest BCUT2D eigenvalue weighted by molar-refractivity contribution is 7.99. The van der Waals surface area contributed by atoms with E-state index < -0.39 is 4.92 Å². The SMILES string of the molecule is Cc1cc([N+](=O)[O-])cnc1Sc1nnc(-c2cccs2)o1. The molecule has 0 aliphatic carbocycles. The minimum atomic E-state index is -0.476. The largest absolute Gasteiger partial charge is 0.410 e. The molecular formula is C12H8N4O3S2. The van der Waals surface area contributed by atoms with Crippen LogP contribution in [0.2, 0.25) is 0 Å². The topological polar surface area (TPSA) is 95.0 Å². The summed E-state index contributed by atoms with van der Waals surface area (Å²) in [6, 6.07) is 5.26. The van der Waals surface area contributed by atoms with E-state index in [1.807, 2.05) is 17.5 Å². The second kappa shape index (κ2) is 5.62. The Morgan fingerprint density at radius 3 is 2.95 bits per heavy atom. The van der Waals surface area contributed by atoms with Gasteiger partial charge in [0.2, 0.25) is 0 Å². The fourth-order valence-corrected chi connectivity index (χ4v) is 2.92. The molecule has 0 aliphatic heterocycles. The highest BCUT2D eigenvalue weighted by atomic mass is 32.2. The molecule has 21 heavy (non-hydrogen) atoms. The van der Waals surface area contributed by atoms with E-state index in [9.17, 15) is 10.1 Å². The molecule has 0 radical (unpaired) electrons. The fourth-order valence-electron chi connectivity index (χ4n) is 1.59. The predicted octanol–water partition coefficient (Wildman–Crippen LogP) is 3.56. The molecule has 0 bridgehead atoms. The maximum Gasteiger partial charge on any atom is 0.287 e. The van der Waals surface area contributed by atoms with Gasteiger partial charge in [0.05, 0.1) is 9.80 Å². The van der Waals surface area contributed by atoms with Crippen molar-refractivity contribution < 1.29 is 9.34 Å². The van der Waals surface area contributed by atoms with E-state index in [2.05, 4.69) is 15.2 Å². The highest BCUT2D eigenvalue weighted by Crippen LogP contribution is 2.32. The quantitative estimate of drug-likeness (QED) is 0.535. The van der Waals surface area contributed by atoms with Gasteiger partial charge >= 0.3 is 0 Å². The zero-order valence-electron chi connectivity index (χ0n) is 10.7. The molecule has 0 aromatic carbocycles. The van der Waals surface area contributed by atoms with Crippen LogP contribution in [0.1, 0.15) is 5.56 Å². The first-order valence-corrected chi connectivity index (χ1v) is 7.49. The third kappa shape index (κ3) is 2.93. The Balaban J connectivity index is 1.82. The van der Waals surface area contributed by atoms with Gasteiger partial charge in [-0.05, 0) is 35.7 Å². The molecule has 3 aromatic heterocycles. The maximum absolute atomic E-state index is 10.7. The molecule has 3 heterocycles. The number of hydrogen-bond donors (Lipinski definition) is 0. The van der Waals surface area contributed by atoms with Crippen LogP contribution in [0.15, 0.2) is 44.4 Å². The van der Waals surface area contributed by atoms with Crippen LogP contribution in [0.4, 0.5) is 5.69 Å². The highest BCUT2D eigenvalue weighted by Gasteiger charge is 2.15. The van der Waals surface area contributed by atoms with Gasteiger partial charge in [-0.2, -0.15) is 0 Å². The van der Waals surface area contributed by atoms with E-state index in [1.165, 1.54) is 35.4 Å². The van der Waals surface area contributed by atoms with Crippen LogP contribution in [0.25, 0.3) is 10.8 Å². The summed E-state index contributed by atoms with van der Waals surface area (Å²) in [5.41, 5.74) is 0.645. The first kappa shape index (κ1) is 13.7. The monoisotopic (exact) mass is 320 g/mol. The number of aromatic nitrogens is 3. The molecule has 0 saturated carbocycles. The third-order valence-corrected chi connectivity index (χ3v) is 4.37. The van der Waals surface area contributed by atoms with Crippen LogP contribution < -0.4 is 0 Å². The maximum atomic E-state index is 10.7. The van der Waals surface area contributed by atoms with Gasteiger partial charge in [0.25, 0.3) is 16.8 Å². The lowest BCUT2D eigenvalue weighted by Gasteiger charge is -2.00. The standard InChI is InChI=1S/C12H8N4O3S2/c1-7-5-8(16(17)18)6-13-11(7)21-12-15-14-10(19-12)9-3-2-4-20-9/h2-6H,1H3. The molecule has 0 unspecified atom stereocenters. The Hall–Kier alpha value is -2.26. The van der Waals surface area contributed by atoms with Crippen molar-refractivity contribution in [3.63, 3.8) is 0 Å². The van der Waals surface area contributed by atoms with Gasteiger partial charge in [0.15, 0.2) is 0 Å². The fraction of sp³-hybridized carbons (Fsp3) is 0.0833. The zero-order valence-corrected chi connectivity index (χ0v) is 12.3. The average molecular weight is 320 g/mol. The predicted molar refractivity (Wildman–Crippen MR) is 77.4 cm³/mol. The summed E-state index contributed by atoms with van der Waals surface area (Å²) in [6.07, 6.45) is 1.21. The lowest BCUT2D eigenvalue weighted by Crippen LogP contribution is -1.92. The second-order valence-corrected chi connectivity index (χ2v) is 5.91. The minimum Gasteiger partial charge on any atom is -0.410 e. The van der Waals surface area contributed by atoms with Crippen molar-refractivity contribution in [1.29, 1.82) is 0 Å². The van der Waals surface area contributed by atoms with E-state index in [4.69, 9.17) is 4.42 Å². The van der Waals surface area contributed by atoms with Crippen LogP contribution in [0.3, 0.4) is 0 Å². The van der Waals surface area contributed by atoms with E-state index >= 15 is 0 Å². The number of hydrogen-bond acceptors (Lipinski definition) is 8. The summed E-state index contributed by atoms with van der Waals surface area (Å²) in [6.45, 7) is 1.75. The molecule has 9 heteroatoms. The summed E-state index contributed by atoms with van der Waals surface area (Å²) >= 11 is 2.69. The number of aryl methyl sites for hydroxylation is 1. The van der Waals surface area contributed by atoms with E-state index in [0.29, 0.717) is 21.7 Å². The first-order chi connectivity index (χ1) is 10.1. The molecule has 0 saturated heterocycles. The van der Waals surface area contributed by atoms with Crippen LogP contribution >= 0.6 is 23.1 Å². The Morgan fingerprint density at radius 1 is 1.43 bits per heavy atom. The van der Waals surface area contributed by atoms with Gasteiger partial charge in [-0.15, -0.1) is 21.5 Å². The molecule has 3 aromatic rings. The van der Waals surface area contributed by atoms with Crippen molar-refractivity contribution in [3.8, 4) is 10.8 Å². The van der Waals surface area contributed by atoms with Crippen LogP contribution in [-0.4, -0.2) is 20.1 Å². The van der Waals surface area contributed by atoms with Crippen molar-refractivity contribution in [1.82, 2.24) is 15.2 Å². The molecule has 106 valence electrons. The molecule has 7 nitrogen and oxygen atoms in total. The Bertz CT molecular complexity index is 786. The number of thiophene rings is 1. The first-order valence-electron chi connectivity index (χ1n) is 5.80. The van der Waals surface area contributed by atoms with Gasteiger partial charge in [-0.1, -0.05) is 6.07 Å². The minimum absolute atomic E-state index is 0.0401. The summed E-state index contributed by atoms with van der Waals surface area (Å²) in [5.74, 6) is 0.451. The van der Waals surface area contributed by atoms with Gasteiger partial charge in [0, 0.05) is 6.07 Å². The molecule has 0 aliphatic rings. The normalized spacial score (nSPS) is 10.7. The van der Waals surface area contributed by atoms with Gasteiger partial charge in [-0.25, -0.2) is 4.98 Å². The zero-order chi connectivity index (χ0) is 14.8. The number of nitrogens with zero attached hydrogens (tertiary/aromatic N) is 4. The van der Waals surface area contributed by atoms with Gasteiger partial charge in [0.1, 0.15) is 11.2 Å². The van der Waals surface area contributed by atoms with E-state index in [-0.39, 0.29) is 5.69 Å². The van der Waals surface area contributed by atoms with Crippen molar-refractivity contribution in [2.45, 2.75) is 17.2 Å². The molecule has 0 atom stereocenters. The van der Waals surface area contributed by atoms with Crippen molar-refractivity contribution >= 4 is 28.8 Å². The Labute approximate surface area is 127 Å². The number of nitro groups is 1. The number of rotatable bonds is 4. The molecule has 0 spiro atoms. The van der Waals surface area contributed by atoms with Crippen molar-refractivity contribution in [2.75, 3.05) is 0 Å².